The van der Waals surface area contributed by atoms with Gasteiger partial charge in [0.05, 0.1) is 18.9 Å². The predicted octanol–water partition coefficient (Wildman–Crippen LogP) is 1.95. The molecule has 142 valence electrons. The first-order valence-corrected chi connectivity index (χ1v) is 8.70. The summed E-state index contributed by atoms with van der Waals surface area (Å²) in [4.78, 5) is 10.8. The topological polar surface area (TPSA) is 67.6 Å². The van der Waals surface area contributed by atoms with Gasteiger partial charge >= 0.3 is 0 Å². The smallest absolute Gasteiger partial charge is 0.193 e. The number of aryl methyl sites for hydroxylation is 1. The lowest BCUT2D eigenvalue weighted by Gasteiger charge is -2.21. The van der Waals surface area contributed by atoms with Gasteiger partial charge in [-0.05, 0) is 36.5 Å². The van der Waals surface area contributed by atoms with Crippen LogP contribution in [0.25, 0.3) is 0 Å². The van der Waals surface area contributed by atoms with Gasteiger partial charge in [-0.3, -0.25) is 14.7 Å². The van der Waals surface area contributed by atoms with Gasteiger partial charge < -0.3 is 15.0 Å². The summed E-state index contributed by atoms with van der Waals surface area (Å²) in [5.74, 6) is 2.38. The van der Waals surface area contributed by atoms with Crippen LogP contribution in [0.4, 0.5) is 0 Å². The summed E-state index contributed by atoms with van der Waals surface area (Å²) in [7, 11) is 3.79. The Morgan fingerprint density at radius 2 is 2.31 bits per heavy atom. The minimum absolute atomic E-state index is 0. The molecule has 1 aliphatic rings. The van der Waals surface area contributed by atoms with Gasteiger partial charge in [0, 0.05) is 39.6 Å². The summed E-state index contributed by atoms with van der Waals surface area (Å²) in [5.41, 5.74) is 1.31. The molecule has 1 atom stereocenters. The standard InChI is InChI=1S/C18H26N6O.HI/c1-19-18(21-7-9-25-17-4-3-6-20-12-17)24-8-5-15(14-24)10-16-11-22-23(2)13-16;/h3-4,6,11-13,15H,5,7-10,14H2,1-2H3,(H,19,21);1H. The molecule has 1 unspecified atom stereocenters. The zero-order valence-corrected chi connectivity index (χ0v) is 17.7. The second kappa shape index (κ2) is 10.3. The van der Waals surface area contributed by atoms with Gasteiger partial charge in [-0.1, -0.05) is 0 Å². The number of hydrogen-bond donors (Lipinski definition) is 1. The molecule has 3 rings (SSSR count). The molecule has 0 bridgehead atoms. The molecule has 1 fully saturated rings. The molecule has 2 aromatic rings. The third kappa shape index (κ3) is 5.86. The molecule has 0 radical (unpaired) electrons. The highest BCUT2D eigenvalue weighted by Crippen LogP contribution is 2.20. The molecule has 1 aliphatic heterocycles. The van der Waals surface area contributed by atoms with E-state index in [0.717, 1.165) is 31.2 Å². The monoisotopic (exact) mass is 470 g/mol. The number of aromatic nitrogens is 3. The van der Waals surface area contributed by atoms with E-state index in [0.29, 0.717) is 19.1 Å². The normalized spacial score (nSPS) is 17.1. The summed E-state index contributed by atoms with van der Waals surface area (Å²) < 4.78 is 7.52. The van der Waals surface area contributed by atoms with Crippen LogP contribution in [0.1, 0.15) is 12.0 Å². The Hall–Kier alpha value is -1.84. The second-order valence-electron chi connectivity index (χ2n) is 6.34. The van der Waals surface area contributed by atoms with Gasteiger partial charge in [0.2, 0.25) is 0 Å². The minimum Gasteiger partial charge on any atom is -0.490 e. The number of guanidine groups is 1. The molecule has 0 aromatic carbocycles. The quantitative estimate of drug-likeness (QED) is 0.303. The number of halogens is 1. The highest BCUT2D eigenvalue weighted by molar-refractivity contribution is 14.0. The van der Waals surface area contributed by atoms with Crippen molar-refractivity contribution in [2.24, 2.45) is 18.0 Å². The Labute approximate surface area is 171 Å². The van der Waals surface area contributed by atoms with E-state index in [-0.39, 0.29) is 24.0 Å². The molecule has 1 saturated heterocycles. The molecule has 1 N–H and O–H groups in total. The predicted molar refractivity (Wildman–Crippen MR) is 113 cm³/mol. The lowest BCUT2D eigenvalue weighted by atomic mass is 10.0. The average molecular weight is 470 g/mol. The Bertz CT molecular complexity index is 690. The maximum atomic E-state index is 5.66. The van der Waals surface area contributed by atoms with Crippen molar-refractivity contribution in [3.05, 3.63) is 42.5 Å². The third-order valence-corrected chi connectivity index (χ3v) is 4.37. The first-order chi connectivity index (χ1) is 12.2. The summed E-state index contributed by atoms with van der Waals surface area (Å²) in [6.45, 7) is 3.36. The van der Waals surface area contributed by atoms with E-state index in [4.69, 9.17) is 4.74 Å². The molecule has 7 nitrogen and oxygen atoms in total. The van der Waals surface area contributed by atoms with Crippen molar-refractivity contribution in [3.8, 4) is 5.75 Å². The van der Waals surface area contributed by atoms with Crippen molar-refractivity contribution in [1.29, 1.82) is 0 Å². The summed E-state index contributed by atoms with van der Waals surface area (Å²) >= 11 is 0. The van der Waals surface area contributed by atoms with E-state index in [1.807, 2.05) is 37.1 Å². The fourth-order valence-electron chi connectivity index (χ4n) is 3.20. The third-order valence-electron chi connectivity index (χ3n) is 4.37. The Morgan fingerprint density at radius 1 is 1.42 bits per heavy atom. The number of ether oxygens (including phenoxy) is 1. The van der Waals surface area contributed by atoms with Crippen molar-refractivity contribution < 1.29 is 4.74 Å². The molecule has 0 spiro atoms. The Kier molecular flexibility index (Phi) is 8.14. The highest BCUT2D eigenvalue weighted by Gasteiger charge is 2.25. The van der Waals surface area contributed by atoms with E-state index < -0.39 is 0 Å². The largest absolute Gasteiger partial charge is 0.490 e. The number of likely N-dealkylation sites (tertiary alicyclic amines) is 1. The van der Waals surface area contributed by atoms with Crippen molar-refractivity contribution in [2.75, 3.05) is 33.3 Å². The zero-order chi connectivity index (χ0) is 17.5. The van der Waals surface area contributed by atoms with Crippen LogP contribution in [0.3, 0.4) is 0 Å². The van der Waals surface area contributed by atoms with Gasteiger partial charge in [0.1, 0.15) is 12.4 Å². The molecule has 0 saturated carbocycles. The molecule has 0 amide bonds. The van der Waals surface area contributed by atoms with E-state index >= 15 is 0 Å². The summed E-state index contributed by atoms with van der Waals surface area (Å²) in [6, 6.07) is 3.78. The maximum absolute atomic E-state index is 5.66. The molecule has 26 heavy (non-hydrogen) atoms. The fourth-order valence-corrected chi connectivity index (χ4v) is 3.20. The number of rotatable bonds is 6. The van der Waals surface area contributed by atoms with Crippen LogP contribution in [0.2, 0.25) is 0 Å². The van der Waals surface area contributed by atoms with Crippen molar-refractivity contribution >= 4 is 29.9 Å². The lowest BCUT2D eigenvalue weighted by molar-refractivity contribution is 0.318. The SMILES string of the molecule is CN=C(NCCOc1cccnc1)N1CCC(Cc2cnn(C)c2)C1.I. The first-order valence-electron chi connectivity index (χ1n) is 8.70. The Balaban J connectivity index is 0.00000243. The van der Waals surface area contributed by atoms with Crippen LogP contribution in [-0.4, -0.2) is 58.9 Å². The van der Waals surface area contributed by atoms with Gasteiger partial charge in [-0.25, -0.2) is 0 Å². The van der Waals surface area contributed by atoms with Gasteiger partial charge in [-0.15, -0.1) is 24.0 Å². The van der Waals surface area contributed by atoms with Gasteiger partial charge in [0.25, 0.3) is 0 Å². The van der Waals surface area contributed by atoms with Crippen LogP contribution < -0.4 is 10.1 Å². The number of aliphatic imine (C=N–C) groups is 1. The van der Waals surface area contributed by atoms with E-state index in [1.54, 1.807) is 12.4 Å². The number of hydrogen-bond acceptors (Lipinski definition) is 4. The molecule has 8 heteroatoms. The second-order valence-corrected chi connectivity index (χ2v) is 6.34. The molecule has 0 aliphatic carbocycles. The number of nitrogens with zero attached hydrogens (tertiary/aromatic N) is 5. The maximum Gasteiger partial charge on any atom is 0.193 e. The number of pyridine rings is 1. The molecular formula is C18H27IN6O. The fraction of sp³-hybridized carbons (Fsp3) is 0.500. The van der Waals surface area contributed by atoms with Crippen molar-refractivity contribution in [2.45, 2.75) is 12.8 Å². The van der Waals surface area contributed by atoms with Crippen LogP contribution >= 0.6 is 24.0 Å². The molecular weight excluding hydrogens is 443 g/mol. The van der Waals surface area contributed by atoms with E-state index in [9.17, 15) is 0 Å². The van der Waals surface area contributed by atoms with Crippen LogP contribution in [-0.2, 0) is 13.5 Å². The van der Waals surface area contributed by atoms with Crippen LogP contribution in [0.5, 0.6) is 5.75 Å². The van der Waals surface area contributed by atoms with Crippen LogP contribution in [0.15, 0.2) is 41.9 Å². The zero-order valence-electron chi connectivity index (χ0n) is 15.3. The first kappa shape index (κ1) is 20.5. The molecule has 3 heterocycles. The van der Waals surface area contributed by atoms with E-state index in [2.05, 4.69) is 31.5 Å². The summed E-state index contributed by atoms with van der Waals surface area (Å²) in [5, 5.41) is 7.64. The minimum atomic E-state index is 0. The van der Waals surface area contributed by atoms with Crippen molar-refractivity contribution in [1.82, 2.24) is 25.0 Å². The van der Waals surface area contributed by atoms with Crippen LogP contribution in [0, 0.1) is 5.92 Å². The van der Waals surface area contributed by atoms with Gasteiger partial charge in [0.15, 0.2) is 5.96 Å². The van der Waals surface area contributed by atoms with E-state index in [1.165, 1.54) is 12.0 Å². The van der Waals surface area contributed by atoms with Crippen molar-refractivity contribution in [3.63, 3.8) is 0 Å². The number of nitrogens with one attached hydrogen (secondary N) is 1. The average Bonchev–Trinajstić information content (AvgIpc) is 3.25. The summed E-state index contributed by atoms with van der Waals surface area (Å²) in [6.07, 6.45) is 9.78. The molecule has 2 aromatic heterocycles. The Morgan fingerprint density at radius 3 is 3.00 bits per heavy atom. The van der Waals surface area contributed by atoms with Gasteiger partial charge in [-0.2, -0.15) is 5.10 Å². The lowest BCUT2D eigenvalue weighted by Crippen LogP contribution is -2.41. The highest BCUT2D eigenvalue weighted by atomic mass is 127.